The van der Waals surface area contributed by atoms with E-state index in [1.807, 2.05) is 6.07 Å². The summed E-state index contributed by atoms with van der Waals surface area (Å²) in [7, 11) is 0. The Kier molecular flexibility index (Phi) is 4.37. The van der Waals surface area contributed by atoms with Crippen LogP contribution in [0, 0.1) is 5.92 Å². The number of β-amino-alcohol motifs (C(OH)–C–C–N with tert-alkyl or cyclic N) is 1. The van der Waals surface area contributed by atoms with E-state index in [2.05, 4.69) is 29.6 Å². The molecular weight excluding hydrogens is 230 g/mol. The maximum atomic E-state index is 10.1. The monoisotopic (exact) mass is 253 g/mol. The average molecular weight is 253 g/mol. The van der Waals surface area contributed by atoms with Gasteiger partial charge in [-0.2, -0.15) is 0 Å². The number of nitrogens with zero attached hydrogens (tertiary/aromatic N) is 1. The van der Waals surface area contributed by atoms with Crippen LogP contribution in [0.25, 0.3) is 0 Å². The van der Waals surface area contributed by atoms with Crippen molar-refractivity contribution in [2.45, 2.75) is 38.8 Å². The number of aliphatic hydroxyl groups is 1. The van der Waals surface area contributed by atoms with Gasteiger partial charge >= 0.3 is 0 Å². The molecule has 0 aliphatic carbocycles. The third kappa shape index (κ3) is 3.80. The highest BCUT2D eigenvalue weighted by Gasteiger charge is 2.30. The molecule has 1 fully saturated rings. The molecule has 0 amide bonds. The van der Waals surface area contributed by atoms with Gasteiger partial charge in [0.05, 0.1) is 17.8 Å². The van der Waals surface area contributed by atoms with E-state index < -0.39 is 5.60 Å². The number of hydrogen-bond donors (Lipinski definition) is 3. The summed E-state index contributed by atoms with van der Waals surface area (Å²) >= 11 is 0. The van der Waals surface area contributed by atoms with Crippen molar-refractivity contribution in [3.63, 3.8) is 0 Å². The van der Waals surface area contributed by atoms with E-state index in [1.54, 1.807) is 0 Å². The van der Waals surface area contributed by atoms with Crippen LogP contribution in [-0.2, 0) is 13.0 Å². The highest BCUT2D eigenvalue weighted by Crippen LogP contribution is 2.13. The van der Waals surface area contributed by atoms with Crippen LogP contribution < -0.4 is 10.6 Å². The van der Waals surface area contributed by atoms with Gasteiger partial charge in [-0.05, 0) is 25.3 Å². The molecule has 1 aromatic heterocycles. The Hall–Kier alpha value is -0.910. The van der Waals surface area contributed by atoms with E-state index >= 15 is 0 Å². The van der Waals surface area contributed by atoms with Gasteiger partial charge in [0.2, 0.25) is 0 Å². The first-order valence-electron chi connectivity index (χ1n) is 6.66. The van der Waals surface area contributed by atoms with E-state index in [0.29, 0.717) is 25.6 Å². The molecule has 1 aromatic rings. The molecule has 18 heavy (non-hydrogen) atoms. The molecule has 3 N–H and O–H groups in total. The van der Waals surface area contributed by atoms with Gasteiger partial charge in [0, 0.05) is 19.2 Å². The minimum atomic E-state index is -0.610. The summed E-state index contributed by atoms with van der Waals surface area (Å²) in [6.07, 6.45) is 1.74. The molecule has 0 aromatic carbocycles. The van der Waals surface area contributed by atoms with Crippen molar-refractivity contribution in [1.29, 1.82) is 0 Å². The van der Waals surface area contributed by atoms with Crippen LogP contribution in [0.5, 0.6) is 0 Å². The fraction of sp³-hybridized carbons (Fsp3) is 0.769. The summed E-state index contributed by atoms with van der Waals surface area (Å²) < 4.78 is 5.25. The quantitative estimate of drug-likeness (QED) is 0.696. The lowest BCUT2D eigenvalue weighted by Gasteiger charge is -2.21. The fourth-order valence-corrected chi connectivity index (χ4v) is 2.25. The number of aromatic nitrogens is 1. The van der Waals surface area contributed by atoms with E-state index in [0.717, 1.165) is 30.8 Å². The molecule has 102 valence electrons. The van der Waals surface area contributed by atoms with Crippen LogP contribution in [0.1, 0.15) is 31.7 Å². The molecule has 0 saturated carbocycles. The van der Waals surface area contributed by atoms with Crippen LogP contribution in [0.3, 0.4) is 0 Å². The predicted octanol–water partition coefficient (Wildman–Crippen LogP) is 0.687. The van der Waals surface area contributed by atoms with Gasteiger partial charge in [-0.25, -0.2) is 0 Å². The summed E-state index contributed by atoms with van der Waals surface area (Å²) in [6.45, 7) is 7.08. The highest BCUT2D eigenvalue weighted by atomic mass is 16.5. The van der Waals surface area contributed by atoms with Crippen LogP contribution in [0.4, 0.5) is 0 Å². The molecule has 1 aliphatic rings. The molecule has 5 nitrogen and oxygen atoms in total. The van der Waals surface area contributed by atoms with Gasteiger partial charge in [0.25, 0.3) is 0 Å². The number of rotatable bonds is 6. The molecule has 2 heterocycles. The second-order valence-corrected chi connectivity index (χ2v) is 5.64. The minimum Gasteiger partial charge on any atom is -0.387 e. The summed E-state index contributed by atoms with van der Waals surface area (Å²) in [5.41, 5.74) is 0.392. The fourth-order valence-electron chi connectivity index (χ4n) is 2.25. The SMILES string of the molecule is CC(C)Cc1cc(CNC[C@@]2(O)CCNC2)on1. The Bertz CT molecular complexity index is 370. The van der Waals surface area contributed by atoms with Crippen LogP contribution in [0.15, 0.2) is 10.6 Å². The van der Waals surface area contributed by atoms with Gasteiger partial charge in [-0.1, -0.05) is 19.0 Å². The van der Waals surface area contributed by atoms with Gasteiger partial charge in [0.15, 0.2) is 5.76 Å². The lowest BCUT2D eigenvalue weighted by Crippen LogP contribution is -2.42. The van der Waals surface area contributed by atoms with Crippen LogP contribution >= 0.6 is 0 Å². The van der Waals surface area contributed by atoms with Gasteiger partial charge in [-0.15, -0.1) is 0 Å². The van der Waals surface area contributed by atoms with Crippen molar-refractivity contribution < 1.29 is 9.63 Å². The van der Waals surface area contributed by atoms with E-state index in [1.165, 1.54) is 0 Å². The lowest BCUT2D eigenvalue weighted by atomic mass is 10.0. The Morgan fingerprint density at radius 1 is 1.61 bits per heavy atom. The highest BCUT2D eigenvalue weighted by molar-refractivity contribution is 5.06. The molecular formula is C13H23N3O2. The zero-order valence-electron chi connectivity index (χ0n) is 11.2. The average Bonchev–Trinajstić information content (AvgIpc) is 2.88. The van der Waals surface area contributed by atoms with E-state index in [9.17, 15) is 5.11 Å². The molecule has 1 aliphatic heterocycles. The second-order valence-electron chi connectivity index (χ2n) is 5.64. The number of nitrogens with one attached hydrogen (secondary N) is 2. The van der Waals surface area contributed by atoms with Crippen molar-refractivity contribution in [2.75, 3.05) is 19.6 Å². The van der Waals surface area contributed by atoms with Gasteiger partial charge in [0.1, 0.15) is 0 Å². The largest absolute Gasteiger partial charge is 0.387 e. The van der Waals surface area contributed by atoms with E-state index in [4.69, 9.17) is 4.52 Å². The second kappa shape index (κ2) is 5.82. The third-order valence-electron chi connectivity index (χ3n) is 3.20. The smallest absolute Gasteiger partial charge is 0.150 e. The number of hydrogen-bond acceptors (Lipinski definition) is 5. The third-order valence-corrected chi connectivity index (χ3v) is 3.20. The molecule has 0 radical (unpaired) electrons. The maximum Gasteiger partial charge on any atom is 0.150 e. The van der Waals surface area contributed by atoms with Gasteiger partial charge in [-0.3, -0.25) is 0 Å². The lowest BCUT2D eigenvalue weighted by molar-refractivity contribution is 0.0603. The summed E-state index contributed by atoms with van der Waals surface area (Å²) in [5, 5.41) is 20.5. The zero-order valence-corrected chi connectivity index (χ0v) is 11.2. The Labute approximate surface area is 108 Å². The van der Waals surface area contributed by atoms with E-state index in [-0.39, 0.29) is 0 Å². The maximum absolute atomic E-state index is 10.1. The molecule has 0 unspecified atom stereocenters. The standard InChI is InChI=1S/C13H23N3O2/c1-10(2)5-11-6-12(18-16-11)7-15-9-13(17)3-4-14-8-13/h6,10,14-15,17H,3-5,7-9H2,1-2H3/t13-/m1/s1. The molecule has 0 bridgehead atoms. The van der Waals surface area contributed by atoms with Gasteiger partial charge < -0.3 is 20.3 Å². The molecule has 2 rings (SSSR count). The van der Waals surface area contributed by atoms with Crippen molar-refractivity contribution in [3.8, 4) is 0 Å². The predicted molar refractivity (Wildman–Crippen MR) is 69.2 cm³/mol. The summed E-state index contributed by atoms with van der Waals surface area (Å²) in [5.74, 6) is 1.42. The van der Waals surface area contributed by atoms with Crippen molar-refractivity contribution in [3.05, 3.63) is 17.5 Å². The first kappa shape index (κ1) is 13.5. The van der Waals surface area contributed by atoms with Crippen molar-refractivity contribution in [1.82, 2.24) is 15.8 Å². The van der Waals surface area contributed by atoms with Crippen LogP contribution in [0.2, 0.25) is 0 Å². The summed E-state index contributed by atoms with van der Waals surface area (Å²) in [6, 6.07) is 1.99. The van der Waals surface area contributed by atoms with Crippen molar-refractivity contribution >= 4 is 0 Å². The Morgan fingerprint density at radius 2 is 2.44 bits per heavy atom. The van der Waals surface area contributed by atoms with Crippen molar-refractivity contribution in [2.24, 2.45) is 5.92 Å². The molecule has 1 saturated heterocycles. The molecule has 0 spiro atoms. The normalized spacial score (nSPS) is 24.0. The Morgan fingerprint density at radius 3 is 3.11 bits per heavy atom. The molecule has 5 heteroatoms. The minimum absolute atomic E-state index is 0.584. The first-order chi connectivity index (χ1) is 8.57. The molecule has 1 atom stereocenters. The van der Waals surface area contributed by atoms with Crippen LogP contribution in [-0.4, -0.2) is 35.5 Å². The first-order valence-corrected chi connectivity index (χ1v) is 6.66. The summed E-state index contributed by atoms with van der Waals surface area (Å²) in [4.78, 5) is 0. The topological polar surface area (TPSA) is 70.3 Å². The zero-order chi connectivity index (χ0) is 13.0. The Balaban J connectivity index is 1.74.